The normalized spacial score (nSPS) is 11.2. The molecule has 0 aliphatic heterocycles. The van der Waals surface area contributed by atoms with E-state index in [2.05, 4.69) is 21.8 Å². The van der Waals surface area contributed by atoms with E-state index < -0.39 is 11.9 Å². The minimum absolute atomic E-state index is 0.234. The van der Waals surface area contributed by atoms with Gasteiger partial charge in [0, 0.05) is 28.6 Å². The smallest absolute Gasteiger partial charge is 0.255 e. The first-order chi connectivity index (χ1) is 15.6. The zero-order valence-electron chi connectivity index (χ0n) is 17.0. The maximum absolute atomic E-state index is 12.6. The molecule has 4 rings (SSSR count). The number of hydrogen-bond donors (Lipinski definition) is 2. The Morgan fingerprint density at radius 1 is 0.844 bits per heavy atom. The van der Waals surface area contributed by atoms with Crippen molar-refractivity contribution in [1.29, 1.82) is 5.26 Å². The van der Waals surface area contributed by atoms with Gasteiger partial charge in [0.25, 0.3) is 11.8 Å². The largest absolute Gasteiger partial charge is 0.332 e. The van der Waals surface area contributed by atoms with Crippen molar-refractivity contribution in [3.63, 3.8) is 0 Å². The number of nitrogens with one attached hydrogen (secondary N) is 2. The molecular formula is C25H19N5O2. The Hall–Kier alpha value is -4.70. The van der Waals surface area contributed by atoms with Gasteiger partial charge >= 0.3 is 0 Å². The van der Waals surface area contributed by atoms with Gasteiger partial charge in [-0.3, -0.25) is 9.59 Å². The van der Waals surface area contributed by atoms with Crippen LogP contribution in [0.3, 0.4) is 0 Å². The lowest BCUT2D eigenvalue weighted by Crippen LogP contribution is -2.27. The van der Waals surface area contributed by atoms with Crippen LogP contribution in [0, 0.1) is 11.3 Å². The van der Waals surface area contributed by atoms with Crippen LogP contribution in [0.1, 0.15) is 32.3 Å². The lowest BCUT2D eigenvalue weighted by molar-refractivity contribution is 0.0944. The molecule has 0 radical (unpaired) electrons. The van der Waals surface area contributed by atoms with Crippen molar-refractivity contribution in [2.24, 2.45) is 0 Å². The van der Waals surface area contributed by atoms with Crippen molar-refractivity contribution >= 4 is 17.5 Å². The predicted octanol–water partition coefficient (Wildman–Crippen LogP) is 4.12. The molecular weight excluding hydrogens is 402 g/mol. The number of benzene rings is 3. The van der Waals surface area contributed by atoms with Gasteiger partial charge in [0.15, 0.2) is 0 Å². The number of hydrogen-bond acceptors (Lipinski definition) is 4. The fourth-order valence-electron chi connectivity index (χ4n) is 3.11. The molecule has 0 saturated heterocycles. The van der Waals surface area contributed by atoms with Gasteiger partial charge in [-0.1, -0.05) is 36.4 Å². The standard InChI is InChI=1S/C25H19N5O2/c26-15-23(20-16-27-30(17-20)22-9-5-2-6-10-22)29-25(32)19-11-13-21(14-12-19)28-24(31)18-7-3-1-4-8-18/h1-14,16-17,23H,(H,28,31)(H,29,32)/t23-/m1/s1. The van der Waals surface area contributed by atoms with Crippen molar-refractivity contribution in [2.75, 3.05) is 5.32 Å². The highest BCUT2D eigenvalue weighted by atomic mass is 16.2. The lowest BCUT2D eigenvalue weighted by Gasteiger charge is -2.11. The molecule has 0 saturated carbocycles. The van der Waals surface area contributed by atoms with Crippen LogP contribution in [-0.2, 0) is 0 Å². The second-order valence-corrected chi connectivity index (χ2v) is 6.99. The molecule has 7 heteroatoms. The van der Waals surface area contributed by atoms with E-state index in [4.69, 9.17) is 0 Å². The van der Waals surface area contributed by atoms with Crippen molar-refractivity contribution in [1.82, 2.24) is 15.1 Å². The van der Waals surface area contributed by atoms with Crippen LogP contribution >= 0.6 is 0 Å². The fourth-order valence-corrected chi connectivity index (χ4v) is 3.11. The SMILES string of the molecule is N#C[C@@H](NC(=O)c1ccc(NC(=O)c2ccccc2)cc1)c1cnn(-c2ccccc2)c1. The molecule has 1 heterocycles. The van der Waals surface area contributed by atoms with Gasteiger partial charge in [0.2, 0.25) is 0 Å². The summed E-state index contributed by atoms with van der Waals surface area (Å²) < 4.78 is 1.65. The molecule has 32 heavy (non-hydrogen) atoms. The molecule has 0 unspecified atom stereocenters. The van der Waals surface area contributed by atoms with E-state index in [9.17, 15) is 14.9 Å². The molecule has 0 fully saturated rings. The number of amides is 2. The summed E-state index contributed by atoms with van der Waals surface area (Å²) in [5.41, 5.74) is 2.92. The summed E-state index contributed by atoms with van der Waals surface area (Å²) in [6.07, 6.45) is 3.27. The summed E-state index contributed by atoms with van der Waals surface area (Å²) in [6, 6.07) is 26.1. The molecule has 0 aliphatic carbocycles. The van der Waals surface area contributed by atoms with Crippen LogP contribution in [0.5, 0.6) is 0 Å². The van der Waals surface area contributed by atoms with Gasteiger partial charge in [0.05, 0.1) is 18.0 Å². The minimum Gasteiger partial charge on any atom is -0.332 e. The average Bonchev–Trinajstić information content (AvgIpc) is 3.34. The highest BCUT2D eigenvalue weighted by molar-refractivity contribution is 6.04. The molecule has 1 atom stereocenters. The highest BCUT2D eigenvalue weighted by Crippen LogP contribution is 2.16. The van der Waals surface area contributed by atoms with Gasteiger partial charge < -0.3 is 10.6 Å². The number of carbonyl (C=O) groups excluding carboxylic acids is 2. The first-order valence-electron chi connectivity index (χ1n) is 9.91. The Balaban J connectivity index is 1.41. The predicted molar refractivity (Wildman–Crippen MR) is 120 cm³/mol. The lowest BCUT2D eigenvalue weighted by atomic mass is 10.1. The Kier molecular flexibility index (Phi) is 6.05. The molecule has 0 aliphatic rings. The van der Waals surface area contributed by atoms with E-state index in [0.717, 1.165) is 5.69 Å². The third kappa shape index (κ3) is 4.71. The van der Waals surface area contributed by atoms with Gasteiger partial charge in [-0.2, -0.15) is 10.4 Å². The molecule has 7 nitrogen and oxygen atoms in total. The van der Waals surface area contributed by atoms with Crippen LogP contribution in [0.2, 0.25) is 0 Å². The van der Waals surface area contributed by atoms with Gasteiger partial charge in [0.1, 0.15) is 6.04 Å². The zero-order chi connectivity index (χ0) is 22.3. The third-order valence-corrected chi connectivity index (χ3v) is 4.80. The van der Waals surface area contributed by atoms with Gasteiger partial charge in [-0.25, -0.2) is 4.68 Å². The molecule has 0 spiro atoms. The maximum Gasteiger partial charge on any atom is 0.255 e. The van der Waals surface area contributed by atoms with Crippen molar-refractivity contribution in [3.05, 3.63) is 114 Å². The van der Waals surface area contributed by atoms with E-state index in [0.29, 0.717) is 22.4 Å². The minimum atomic E-state index is -0.850. The number of carbonyl (C=O) groups is 2. The highest BCUT2D eigenvalue weighted by Gasteiger charge is 2.17. The van der Waals surface area contributed by atoms with Crippen molar-refractivity contribution in [2.45, 2.75) is 6.04 Å². The number of rotatable bonds is 6. The summed E-state index contributed by atoms with van der Waals surface area (Å²) in [4.78, 5) is 24.9. The average molecular weight is 421 g/mol. The zero-order valence-corrected chi connectivity index (χ0v) is 17.0. The first kappa shape index (κ1) is 20.6. The Morgan fingerprint density at radius 2 is 1.47 bits per heavy atom. The van der Waals surface area contributed by atoms with E-state index in [1.54, 1.807) is 65.6 Å². The van der Waals surface area contributed by atoms with E-state index in [1.807, 2.05) is 36.4 Å². The van der Waals surface area contributed by atoms with E-state index in [1.165, 1.54) is 0 Å². The second kappa shape index (κ2) is 9.41. The molecule has 2 N–H and O–H groups in total. The third-order valence-electron chi connectivity index (χ3n) is 4.80. The van der Waals surface area contributed by atoms with Crippen molar-refractivity contribution < 1.29 is 9.59 Å². The first-order valence-corrected chi connectivity index (χ1v) is 9.91. The molecule has 2 amide bonds. The summed E-state index contributed by atoms with van der Waals surface area (Å²) in [7, 11) is 0. The van der Waals surface area contributed by atoms with Crippen LogP contribution in [-0.4, -0.2) is 21.6 Å². The number of nitrogens with zero attached hydrogens (tertiary/aromatic N) is 3. The molecule has 0 bridgehead atoms. The summed E-state index contributed by atoms with van der Waals surface area (Å²) >= 11 is 0. The van der Waals surface area contributed by atoms with Gasteiger partial charge in [-0.05, 0) is 48.5 Å². The van der Waals surface area contributed by atoms with Crippen LogP contribution in [0.25, 0.3) is 5.69 Å². The number of aromatic nitrogens is 2. The second-order valence-electron chi connectivity index (χ2n) is 6.99. The van der Waals surface area contributed by atoms with E-state index >= 15 is 0 Å². The molecule has 156 valence electrons. The maximum atomic E-state index is 12.6. The van der Waals surface area contributed by atoms with Crippen molar-refractivity contribution in [3.8, 4) is 11.8 Å². The Labute approximate surface area is 184 Å². The summed E-state index contributed by atoms with van der Waals surface area (Å²) in [5.74, 6) is -0.632. The van der Waals surface area contributed by atoms with Crippen LogP contribution in [0.4, 0.5) is 5.69 Å². The summed E-state index contributed by atoms with van der Waals surface area (Å²) in [6.45, 7) is 0. The number of anilines is 1. The van der Waals surface area contributed by atoms with Gasteiger partial charge in [-0.15, -0.1) is 0 Å². The molecule has 4 aromatic rings. The fraction of sp³-hybridized carbons (Fsp3) is 0.0400. The monoisotopic (exact) mass is 421 g/mol. The number of nitriles is 1. The topological polar surface area (TPSA) is 99.8 Å². The quantitative estimate of drug-likeness (QED) is 0.489. The Morgan fingerprint density at radius 3 is 2.12 bits per heavy atom. The Bertz CT molecular complexity index is 1260. The number of para-hydroxylation sites is 1. The van der Waals surface area contributed by atoms with E-state index in [-0.39, 0.29) is 5.91 Å². The van der Waals surface area contributed by atoms with Crippen LogP contribution < -0.4 is 10.6 Å². The van der Waals surface area contributed by atoms with Crippen LogP contribution in [0.15, 0.2) is 97.3 Å². The summed E-state index contributed by atoms with van der Waals surface area (Å²) in [5, 5.41) is 19.3. The molecule has 3 aromatic carbocycles. The molecule has 1 aromatic heterocycles.